The average molecular weight is 412 g/mol. The Bertz CT molecular complexity index is 1230. The van der Waals surface area contributed by atoms with Crippen LogP contribution in [-0.2, 0) is 13.0 Å². The number of carbonyl (C=O) groups excluding carboxylic acids is 1. The first kappa shape index (κ1) is 19.1. The van der Waals surface area contributed by atoms with E-state index in [-0.39, 0.29) is 5.91 Å². The SMILES string of the molecule is CN1CCCc2nc(NC(=O)c3cccc4c[nH]cc34)nc(NCc3ccccc3)c21. The van der Waals surface area contributed by atoms with Crippen molar-refractivity contribution in [2.24, 2.45) is 0 Å². The van der Waals surface area contributed by atoms with Gasteiger partial charge in [0.1, 0.15) is 5.69 Å². The molecule has 0 saturated heterocycles. The molecule has 2 aromatic carbocycles. The van der Waals surface area contributed by atoms with E-state index in [1.54, 1.807) is 0 Å². The number of nitrogens with one attached hydrogen (secondary N) is 3. The van der Waals surface area contributed by atoms with Crippen molar-refractivity contribution in [3.8, 4) is 0 Å². The maximum Gasteiger partial charge on any atom is 0.258 e. The normalized spacial score (nSPS) is 13.1. The smallest absolute Gasteiger partial charge is 0.258 e. The molecule has 0 radical (unpaired) electrons. The number of amides is 1. The molecule has 4 aromatic rings. The number of fused-ring (bicyclic) bond motifs is 2. The Balaban J connectivity index is 1.46. The van der Waals surface area contributed by atoms with E-state index < -0.39 is 0 Å². The fourth-order valence-corrected chi connectivity index (χ4v) is 4.08. The summed E-state index contributed by atoms with van der Waals surface area (Å²) in [5, 5.41) is 8.23. The van der Waals surface area contributed by atoms with Gasteiger partial charge in [0.15, 0.2) is 5.82 Å². The van der Waals surface area contributed by atoms with Gasteiger partial charge in [0.2, 0.25) is 5.95 Å². The number of aryl methyl sites for hydroxylation is 1. The maximum absolute atomic E-state index is 13.0. The van der Waals surface area contributed by atoms with E-state index in [1.165, 1.54) is 0 Å². The van der Waals surface area contributed by atoms with Gasteiger partial charge in [-0.1, -0.05) is 42.5 Å². The molecule has 0 bridgehead atoms. The summed E-state index contributed by atoms with van der Waals surface area (Å²) >= 11 is 0. The van der Waals surface area contributed by atoms with E-state index in [1.807, 2.05) is 48.8 Å². The Labute approximate surface area is 180 Å². The lowest BCUT2D eigenvalue weighted by Gasteiger charge is -2.29. The monoisotopic (exact) mass is 412 g/mol. The lowest BCUT2D eigenvalue weighted by molar-refractivity contribution is 0.102. The van der Waals surface area contributed by atoms with Crippen LogP contribution in [-0.4, -0.2) is 34.5 Å². The second-order valence-corrected chi connectivity index (χ2v) is 7.77. The topological polar surface area (TPSA) is 85.9 Å². The number of benzene rings is 2. The lowest BCUT2D eigenvalue weighted by atomic mass is 10.1. The Morgan fingerprint density at radius 3 is 2.84 bits per heavy atom. The minimum Gasteiger partial charge on any atom is -0.370 e. The number of nitrogens with zero attached hydrogens (tertiary/aromatic N) is 3. The zero-order chi connectivity index (χ0) is 21.2. The maximum atomic E-state index is 13.0. The van der Waals surface area contributed by atoms with E-state index in [0.717, 1.165) is 52.9 Å². The molecule has 1 amide bonds. The molecule has 0 fully saturated rings. The van der Waals surface area contributed by atoms with Crippen molar-refractivity contribution in [1.29, 1.82) is 0 Å². The van der Waals surface area contributed by atoms with Crippen LogP contribution in [0.4, 0.5) is 17.5 Å². The molecule has 0 atom stereocenters. The first-order chi connectivity index (χ1) is 15.2. The van der Waals surface area contributed by atoms with Crippen molar-refractivity contribution >= 4 is 34.1 Å². The summed E-state index contributed by atoms with van der Waals surface area (Å²) in [7, 11) is 2.06. The summed E-state index contributed by atoms with van der Waals surface area (Å²) in [6.45, 7) is 1.60. The number of carbonyl (C=O) groups is 1. The van der Waals surface area contributed by atoms with Crippen LogP contribution in [0.5, 0.6) is 0 Å². The second kappa shape index (κ2) is 8.10. The number of rotatable bonds is 5. The molecule has 0 spiro atoms. The molecule has 7 nitrogen and oxygen atoms in total. The molecule has 3 heterocycles. The fourth-order valence-electron chi connectivity index (χ4n) is 4.08. The summed E-state index contributed by atoms with van der Waals surface area (Å²) in [4.78, 5) is 27.6. The molecule has 3 N–H and O–H groups in total. The fraction of sp³-hybridized carbons (Fsp3) is 0.208. The molecule has 0 unspecified atom stereocenters. The van der Waals surface area contributed by atoms with E-state index in [0.29, 0.717) is 18.1 Å². The van der Waals surface area contributed by atoms with Gasteiger partial charge in [0.25, 0.3) is 5.91 Å². The molecule has 156 valence electrons. The highest BCUT2D eigenvalue weighted by Gasteiger charge is 2.23. The second-order valence-electron chi connectivity index (χ2n) is 7.77. The lowest BCUT2D eigenvalue weighted by Crippen LogP contribution is -2.28. The molecular formula is C24H24N6O. The molecule has 1 aliphatic heterocycles. The van der Waals surface area contributed by atoms with Gasteiger partial charge in [-0.15, -0.1) is 0 Å². The zero-order valence-corrected chi connectivity index (χ0v) is 17.4. The third-order valence-electron chi connectivity index (χ3n) is 5.62. The molecule has 7 heteroatoms. The van der Waals surface area contributed by atoms with Crippen LogP contribution in [0.25, 0.3) is 10.8 Å². The van der Waals surface area contributed by atoms with E-state index >= 15 is 0 Å². The molecule has 0 aliphatic carbocycles. The van der Waals surface area contributed by atoms with E-state index in [9.17, 15) is 4.79 Å². The average Bonchev–Trinajstić information content (AvgIpc) is 3.27. The highest BCUT2D eigenvalue weighted by molar-refractivity contribution is 6.12. The Kier molecular flexibility index (Phi) is 5.00. The van der Waals surface area contributed by atoms with Gasteiger partial charge in [-0.3, -0.25) is 10.1 Å². The van der Waals surface area contributed by atoms with Crippen LogP contribution in [0, 0.1) is 0 Å². The van der Waals surface area contributed by atoms with Crippen LogP contribution in [0.15, 0.2) is 60.9 Å². The molecule has 0 saturated carbocycles. The minimum absolute atomic E-state index is 0.219. The van der Waals surface area contributed by atoms with Gasteiger partial charge in [-0.2, -0.15) is 4.98 Å². The molecular weight excluding hydrogens is 388 g/mol. The predicted molar refractivity (Wildman–Crippen MR) is 124 cm³/mol. The van der Waals surface area contributed by atoms with Crippen molar-refractivity contribution in [1.82, 2.24) is 15.0 Å². The molecule has 2 aromatic heterocycles. The van der Waals surface area contributed by atoms with Crippen LogP contribution in [0.3, 0.4) is 0 Å². The van der Waals surface area contributed by atoms with Crippen molar-refractivity contribution in [2.45, 2.75) is 19.4 Å². The standard InChI is InChI=1S/C24H24N6O/c1-30-12-6-11-20-21(30)22(26-13-16-7-3-2-4-8-16)28-24(27-20)29-23(31)18-10-5-9-17-14-25-15-19(17)18/h2-5,7-10,14-15,25H,6,11-13H2,1H3,(H2,26,27,28,29,31). The number of hydrogen-bond donors (Lipinski definition) is 3. The summed E-state index contributed by atoms with van der Waals surface area (Å²) in [5.41, 5.74) is 3.72. The third kappa shape index (κ3) is 3.82. The zero-order valence-electron chi connectivity index (χ0n) is 17.4. The highest BCUT2D eigenvalue weighted by Crippen LogP contribution is 2.33. The first-order valence-corrected chi connectivity index (χ1v) is 10.5. The first-order valence-electron chi connectivity index (χ1n) is 10.5. The Morgan fingerprint density at radius 1 is 1.10 bits per heavy atom. The number of anilines is 3. The van der Waals surface area contributed by atoms with Gasteiger partial charge >= 0.3 is 0 Å². The predicted octanol–water partition coefficient (Wildman–Crippen LogP) is 4.20. The van der Waals surface area contributed by atoms with Gasteiger partial charge in [-0.25, -0.2) is 4.98 Å². The molecule has 1 aliphatic rings. The van der Waals surface area contributed by atoms with Gasteiger partial charge in [0.05, 0.1) is 5.69 Å². The number of hydrogen-bond acceptors (Lipinski definition) is 5. The molecule has 31 heavy (non-hydrogen) atoms. The van der Waals surface area contributed by atoms with Crippen molar-refractivity contribution in [3.63, 3.8) is 0 Å². The summed E-state index contributed by atoms with van der Waals surface area (Å²) in [6.07, 6.45) is 5.59. The van der Waals surface area contributed by atoms with Gasteiger partial charge in [0, 0.05) is 43.5 Å². The number of H-pyrrole nitrogens is 1. The van der Waals surface area contributed by atoms with Gasteiger partial charge < -0.3 is 15.2 Å². The summed E-state index contributed by atoms with van der Waals surface area (Å²) in [6, 6.07) is 15.8. The largest absolute Gasteiger partial charge is 0.370 e. The number of aromatic nitrogens is 3. The number of aromatic amines is 1. The van der Waals surface area contributed by atoms with Crippen molar-refractivity contribution in [2.75, 3.05) is 29.1 Å². The van der Waals surface area contributed by atoms with Crippen LogP contribution < -0.4 is 15.5 Å². The van der Waals surface area contributed by atoms with Crippen LogP contribution in [0.2, 0.25) is 0 Å². The third-order valence-corrected chi connectivity index (χ3v) is 5.62. The molecule has 5 rings (SSSR count). The minimum atomic E-state index is -0.219. The van der Waals surface area contributed by atoms with Crippen LogP contribution in [0.1, 0.15) is 28.0 Å². The Hall–Kier alpha value is -3.87. The van der Waals surface area contributed by atoms with Crippen molar-refractivity contribution in [3.05, 3.63) is 77.7 Å². The van der Waals surface area contributed by atoms with E-state index in [4.69, 9.17) is 0 Å². The van der Waals surface area contributed by atoms with Gasteiger partial charge in [-0.05, 0) is 29.9 Å². The Morgan fingerprint density at radius 2 is 1.97 bits per heavy atom. The van der Waals surface area contributed by atoms with E-state index in [2.05, 4.69) is 49.7 Å². The van der Waals surface area contributed by atoms with Crippen molar-refractivity contribution < 1.29 is 4.79 Å². The summed E-state index contributed by atoms with van der Waals surface area (Å²) < 4.78 is 0. The highest BCUT2D eigenvalue weighted by atomic mass is 16.1. The summed E-state index contributed by atoms with van der Waals surface area (Å²) in [5.74, 6) is 0.844. The quantitative estimate of drug-likeness (QED) is 0.457. The van der Waals surface area contributed by atoms with Crippen LogP contribution >= 0.6 is 0 Å².